The number of aromatic carboxylic acids is 1. The van der Waals surface area contributed by atoms with Gasteiger partial charge in [-0.25, -0.2) is 4.79 Å². The van der Waals surface area contributed by atoms with Crippen LogP contribution in [0.25, 0.3) is 5.95 Å². The first-order valence-corrected chi connectivity index (χ1v) is 6.97. The van der Waals surface area contributed by atoms with E-state index in [-0.39, 0.29) is 28.8 Å². The van der Waals surface area contributed by atoms with Gasteiger partial charge in [0.1, 0.15) is 34.7 Å². The fourth-order valence-corrected chi connectivity index (χ4v) is 1.99. The highest BCUT2D eigenvalue weighted by atomic mass is 16.5. The van der Waals surface area contributed by atoms with Crippen molar-refractivity contribution >= 4 is 23.4 Å². The van der Waals surface area contributed by atoms with Crippen LogP contribution in [0.15, 0.2) is 16.8 Å². The number of aryl methyl sites for hydroxylation is 1. The van der Waals surface area contributed by atoms with Gasteiger partial charge in [-0.15, -0.1) is 0 Å². The van der Waals surface area contributed by atoms with Crippen LogP contribution < -0.4 is 11.1 Å². The number of nitrogen functional groups attached to an aromatic ring is 1. The Bertz CT molecular complexity index is 1010. The molecule has 0 aliphatic carbocycles. The first-order valence-electron chi connectivity index (χ1n) is 6.97. The second kappa shape index (κ2) is 5.93. The summed E-state index contributed by atoms with van der Waals surface area (Å²) >= 11 is 0. The molecular formula is C14H12N8O3. The quantitative estimate of drug-likeness (QED) is 0.626. The van der Waals surface area contributed by atoms with Crippen molar-refractivity contribution in [3.05, 3.63) is 34.8 Å². The van der Waals surface area contributed by atoms with Gasteiger partial charge < -0.3 is 20.7 Å². The van der Waals surface area contributed by atoms with Gasteiger partial charge in [-0.2, -0.15) is 25.0 Å². The smallest absolute Gasteiger partial charge is 0.341 e. The maximum absolute atomic E-state index is 11.1. The van der Waals surface area contributed by atoms with E-state index in [2.05, 4.69) is 25.5 Å². The Balaban J connectivity index is 2.05. The Morgan fingerprint density at radius 3 is 2.76 bits per heavy atom. The molecule has 11 nitrogen and oxygen atoms in total. The fourth-order valence-electron chi connectivity index (χ4n) is 1.99. The van der Waals surface area contributed by atoms with Crippen molar-refractivity contribution in [1.82, 2.24) is 24.9 Å². The number of hydrogen-bond acceptors (Lipinski definition) is 9. The molecule has 0 saturated carbocycles. The van der Waals surface area contributed by atoms with Gasteiger partial charge in [-0.1, -0.05) is 5.16 Å². The third-order valence-electron chi connectivity index (χ3n) is 3.46. The van der Waals surface area contributed by atoms with Gasteiger partial charge in [-0.3, -0.25) is 0 Å². The number of carbonyl (C=O) groups is 1. The highest BCUT2D eigenvalue weighted by molar-refractivity contribution is 5.92. The number of nitrogens with one attached hydrogen (secondary N) is 1. The predicted molar refractivity (Wildman–Crippen MR) is 84.5 cm³/mol. The minimum atomic E-state index is -1.23. The summed E-state index contributed by atoms with van der Waals surface area (Å²) < 4.78 is 6.10. The lowest BCUT2D eigenvalue weighted by Gasteiger charge is -2.07. The van der Waals surface area contributed by atoms with Crippen molar-refractivity contribution in [3.63, 3.8) is 0 Å². The molecule has 3 aromatic heterocycles. The molecule has 0 bridgehead atoms. The van der Waals surface area contributed by atoms with Gasteiger partial charge in [0, 0.05) is 11.6 Å². The van der Waals surface area contributed by atoms with Crippen LogP contribution in [-0.2, 0) is 0 Å². The molecular weight excluding hydrogens is 328 g/mol. The number of anilines is 3. The SMILES string of the molecule is Cc1onc(Nc2cc(C#N)nc(-n3ncc(C(=O)O)c3N)n2)c1C. The summed E-state index contributed by atoms with van der Waals surface area (Å²) in [6.07, 6.45) is 1.08. The Morgan fingerprint density at radius 2 is 2.20 bits per heavy atom. The van der Waals surface area contributed by atoms with E-state index in [1.54, 1.807) is 6.92 Å². The first-order chi connectivity index (χ1) is 11.9. The third-order valence-corrected chi connectivity index (χ3v) is 3.46. The van der Waals surface area contributed by atoms with E-state index >= 15 is 0 Å². The molecule has 0 spiro atoms. The van der Waals surface area contributed by atoms with Gasteiger partial charge in [0.05, 0.1) is 6.20 Å². The highest BCUT2D eigenvalue weighted by Crippen LogP contribution is 2.22. The summed E-state index contributed by atoms with van der Waals surface area (Å²) in [5.74, 6) is -0.103. The maximum Gasteiger partial charge on any atom is 0.341 e. The molecule has 0 atom stereocenters. The minimum Gasteiger partial charge on any atom is -0.477 e. The van der Waals surface area contributed by atoms with Gasteiger partial charge in [0.2, 0.25) is 0 Å². The molecule has 4 N–H and O–H groups in total. The molecule has 0 aromatic carbocycles. The number of nitriles is 1. The van der Waals surface area contributed by atoms with E-state index in [1.807, 2.05) is 13.0 Å². The molecule has 3 heterocycles. The number of carboxylic acid groups (broad SMARTS) is 1. The highest BCUT2D eigenvalue weighted by Gasteiger charge is 2.18. The zero-order valence-corrected chi connectivity index (χ0v) is 13.2. The summed E-state index contributed by atoms with van der Waals surface area (Å²) in [6, 6.07) is 3.31. The summed E-state index contributed by atoms with van der Waals surface area (Å²) in [4.78, 5) is 19.3. The second-order valence-corrected chi connectivity index (χ2v) is 5.05. The van der Waals surface area contributed by atoms with Crippen molar-refractivity contribution in [2.75, 3.05) is 11.1 Å². The molecule has 3 aromatic rings. The van der Waals surface area contributed by atoms with Crippen molar-refractivity contribution in [1.29, 1.82) is 5.26 Å². The summed E-state index contributed by atoms with van der Waals surface area (Å²) in [7, 11) is 0. The molecule has 0 amide bonds. The first kappa shape index (κ1) is 15.9. The van der Waals surface area contributed by atoms with Crippen molar-refractivity contribution in [2.24, 2.45) is 0 Å². The van der Waals surface area contributed by atoms with Crippen LogP contribution >= 0.6 is 0 Å². The zero-order valence-electron chi connectivity index (χ0n) is 13.2. The standard InChI is InChI=1S/C14H12N8O3/c1-6-7(2)25-21-12(6)19-10-3-8(4-15)18-14(20-10)22-11(16)9(5-17-22)13(23)24/h3,5H,16H2,1-2H3,(H,23,24)(H,18,19,20,21). The van der Waals surface area contributed by atoms with Gasteiger partial charge in [0.25, 0.3) is 5.95 Å². The van der Waals surface area contributed by atoms with Crippen molar-refractivity contribution in [2.45, 2.75) is 13.8 Å². The minimum absolute atomic E-state index is 0.0390. The van der Waals surface area contributed by atoms with E-state index < -0.39 is 5.97 Å². The largest absolute Gasteiger partial charge is 0.477 e. The molecule has 0 fully saturated rings. The number of rotatable bonds is 4. The number of carboxylic acids is 1. The molecule has 0 aliphatic rings. The Hall–Kier alpha value is -3.94. The Kier molecular flexibility index (Phi) is 3.78. The van der Waals surface area contributed by atoms with Crippen LogP contribution in [-0.4, -0.2) is 36.0 Å². The Labute approximate surface area is 140 Å². The number of aromatic nitrogens is 5. The Morgan fingerprint density at radius 1 is 1.44 bits per heavy atom. The van der Waals surface area contributed by atoms with Crippen molar-refractivity contribution in [3.8, 4) is 12.0 Å². The molecule has 3 rings (SSSR count). The molecule has 25 heavy (non-hydrogen) atoms. The lowest BCUT2D eigenvalue weighted by Crippen LogP contribution is -2.11. The molecule has 126 valence electrons. The van der Waals surface area contributed by atoms with E-state index in [1.165, 1.54) is 6.07 Å². The lowest BCUT2D eigenvalue weighted by atomic mass is 10.3. The normalized spacial score (nSPS) is 10.4. The average Bonchev–Trinajstić information content (AvgIpc) is 3.12. The van der Waals surface area contributed by atoms with Crippen LogP contribution in [0, 0.1) is 25.2 Å². The summed E-state index contributed by atoms with van der Waals surface area (Å²) in [5, 5.41) is 28.9. The van der Waals surface area contributed by atoms with Gasteiger partial charge in [0.15, 0.2) is 5.82 Å². The van der Waals surface area contributed by atoms with E-state index in [0.717, 1.165) is 16.4 Å². The molecule has 11 heteroatoms. The van der Waals surface area contributed by atoms with Crippen LogP contribution in [0.2, 0.25) is 0 Å². The van der Waals surface area contributed by atoms with Crippen LogP contribution in [0.3, 0.4) is 0 Å². The van der Waals surface area contributed by atoms with Gasteiger partial charge in [-0.05, 0) is 13.8 Å². The fraction of sp³-hybridized carbons (Fsp3) is 0.143. The zero-order chi connectivity index (χ0) is 18.1. The number of hydrogen-bond donors (Lipinski definition) is 3. The van der Waals surface area contributed by atoms with Crippen LogP contribution in [0.5, 0.6) is 0 Å². The molecule has 0 radical (unpaired) electrons. The lowest BCUT2D eigenvalue weighted by molar-refractivity contribution is 0.0698. The molecule has 0 aliphatic heterocycles. The van der Waals surface area contributed by atoms with E-state index in [0.29, 0.717) is 11.6 Å². The molecule has 0 saturated heterocycles. The maximum atomic E-state index is 11.1. The predicted octanol–water partition coefficient (Wildman–Crippen LogP) is 1.16. The summed E-state index contributed by atoms with van der Waals surface area (Å²) in [6.45, 7) is 3.57. The van der Waals surface area contributed by atoms with Crippen LogP contribution in [0.4, 0.5) is 17.5 Å². The third kappa shape index (κ3) is 2.83. The average molecular weight is 340 g/mol. The van der Waals surface area contributed by atoms with Crippen molar-refractivity contribution < 1.29 is 14.4 Å². The van der Waals surface area contributed by atoms with E-state index in [4.69, 9.17) is 20.6 Å². The second-order valence-electron chi connectivity index (χ2n) is 5.05. The monoisotopic (exact) mass is 340 g/mol. The van der Waals surface area contributed by atoms with E-state index in [9.17, 15) is 4.79 Å². The van der Waals surface area contributed by atoms with Gasteiger partial charge >= 0.3 is 5.97 Å². The number of nitrogens with zero attached hydrogens (tertiary/aromatic N) is 6. The number of nitrogens with two attached hydrogens (primary N) is 1. The van der Waals surface area contributed by atoms with Crippen LogP contribution in [0.1, 0.15) is 27.4 Å². The summed E-state index contributed by atoms with van der Waals surface area (Å²) in [5.41, 5.74) is 6.40. The molecule has 0 unspecified atom stereocenters. The topological polar surface area (TPSA) is 169 Å².